The number of benzene rings is 2. The van der Waals surface area contributed by atoms with Gasteiger partial charge >= 0.3 is 0 Å². The molecule has 0 aliphatic carbocycles. The third-order valence-electron chi connectivity index (χ3n) is 2.95. The number of rotatable bonds is 6. The lowest BCUT2D eigenvalue weighted by Crippen LogP contribution is -2.21. The molecule has 2 aromatic carbocycles. The Morgan fingerprint density at radius 2 is 1.58 bits per heavy atom. The van der Waals surface area contributed by atoms with Crippen LogP contribution in [0.25, 0.3) is 0 Å². The summed E-state index contributed by atoms with van der Waals surface area (Å²) >= 11 is 0. The number of hydrogen-bond acceptors (Lipinski definition) is 2. The first-order valence-corrected chi connectivity index (χ1v) is 6.62. The summed E-state index contributed by atoms with van der Waals surface area (Å²) in [5, 5.41) is 0. The molecule has 0 aliphatic heterocycles. The second-order valence-electron chi connectivity index (χ2n) is 4.67. The van der Waals surface area contributed by atoms with Gasteiger partial charge in [-0.3, -0.25) is 4.99 Å². The molecule has 0 radical (unpaired) electrons. The number of nitrogens with zero attached hydrogens (tertiary/aromatic N) is 2. The standard InChI is InChI=1S/C17H20N2/c1-19(15-17-10-6-3-7-11-17)13-12-18-14-16-8-4-2-5-9-16/h2-11,14H,12-13,15H2,1H3. The summed E-state index contributed by atoms with van der Waals surface area (Å²) in [6.07, 6.45) is 1.94. The fraction of sp³-hybridized carbons (Fsp3) is 0.235. The maximum absolute atomic E-state index is 4.46. The Bertz CT molecular complexity index is 491. The molecule has 98 valence electrons. The lowest BCUT2D eigenvalue weighted by atomic mass is 10.2. The van der Waals surface area contributed by atoms with Crippen molar-refractivity contribution in [3.05, 3.63) is 71.8 Å². The van der Waals surface area contributed by atoms with E-state index in [0.29, 0.717) is 0 Å². The SMILES string of the molecule is CN(CCN=Cc1ccccc1)Cc1ccccc1. The fourth-order valence-corrected chi connectivity index (χ4v) is 1.91. The number of hydrogen-bond donors (Lipinski definition) is 0. The van der Waals surface area contributed by atoms with Crippen LogP contribution in [0.1, 0.15) is 11.1 Å². The Balaban J connectivity index is 1.72. The van der Waals surface area contributed by atoms with Crippen LogP contribution in [-0.4, -0.2) is 31.3 Å². The van der Waals surface area contributed by atoms with Gasteiger partial charge in [-0.1, -0.05) is 60.7 Å². The molecule has 0 aliphatic rings. The third kappa shape index (κ3) is 5.06. The van der Waals surface area contributed by atoms with Gasteiger partial charge in [0, 0.05) is 19.3 Å². The van der Waals surface area contributed by atoms with Gasteiger partial charge < -0.3 is 4.90 Å². The van der Waals surface area contributed by atoms with E-state index in [1.54, 1.807) is 0 Å². The lowest BCUT2D eigenvalue weighted by Gasteiger charge is -2.15. The van der Waals surface area contributed by atoms with Crippen LogP contribution in [-0.2, 0) is 6.54 Å². The average Bonchev–Trinajstić information content (AvgIpc) is 2.46. The molecular formula is C17H20N2. The molecule has 0 heterocycles. The Morgan fingerprint density at radius 3 is 2.26 bits per heavy atom. The van der Waals surface area contributed by atoms with Gasteiger partial charge in [0.1, 0.15) is 0 Å². The molecule has 0 aromatic heterocycles. The zero-order chi connectivity index (χ0) is 13.3. The molecule has 2 aromatic rings. The molecule has 0 unspecified atom stereocenters. The maximum Gasteiger partial charge on any atom is 0.0517 e. The average molecular weight is 252 g/mol. The zero-order valence-electron chi connectivity index (χ0n) is 11.4. The van der Waals surface area contributed by atoms with Crippen LogP contribution in [0.15, 0.2) is 65.7 Å². The molecule has 0 bridgehead atoms. The normalized spacial score (nSPS) is 11.3. The molecule has 0 atom stereocenters. The summed E-state index contributed by atoms with van der Waals surface area (Å²) in [6, 6.07) is 20.7. The largest absolute Gasteiger partial charge is 0.300 e. The van der Waals surface area contributed by atoms with Crippen molar-refractivity contribution in [1.29, 1.82) is 0 Å². The van der Waals surface area contributed by atoms with Crippen LogP contribution in [0.2, 0.25) is 0 Å². The van der Waals surface area contributed by atoms with E-state index in [9.17, 15) is 0 Å². The highest BCUT2D eigenvalue weighted by Gasteiger charge is 1.98. The van der Waals surface area contributed by atoms with Crippen molar-refractivity contribution >= 4 is 6.21 Å². The summed E-state index contributed by atoms with van der Waals surface area (Å²) in [4.78, 5) is 6.75. The van der Waals surface area contributed by atoms with Gasteiger partial charge in [-0.15, -0.1) is 0 Å². The fourth-order valence-electron chi connectivity index (χ4n) is 1.91. The van der Waals surface area contributed by atoms with E-state index in [2.05, 4.69) is 53.3 Å². The second kappa shape index (κ2) is 7.49. The van der Waals surface area contributed by atoms with Crippen LogP contribution >= 0.6 is 0 Å². The number of likely N-dealkylation sites (N-methyl/N-ethyl adjacent to an activating group) is 1. The molecule has 0 amide bonds. The first-order chi connectivity index (χ1) is 9.34. The van der Waals surface area contributed by atoms with Gasteiger partial charge in [-0.25, -0.2) is 0 Å². The highest BCUT2D eigenvalue weighted by Crippen LogP contribution is 2.02. The highest BCUT2D eigenvalue weighted by molar-refractivity contribution is 5.79. The minimum Gasteiger partial charge on any atom is -0.300 e. The van der Waals surface area contributed by atoms with Crippen molar-refractivity contribution in [2.45, 2.75) is 6.54 Å². The minimum absolute atomic E-state index is 0.832. The van der Waals surface area contributed by atoms with Crippen LogP contribution in [0.5, 0.6) is 0 Å². The van der Waals surface area contributed by atoms with E-state index in [-0.39, 0.29) is 0 Å². The van der Waals surface area contributed by atoms with Crippen molar-refractivity contribution in [2.24, 2.45) is 4.99 Å². The molecule has 0 fully saturated rings. The second-order valence-corrected chi connectivity index (χ2v) is 4.67. The first-order valence-electron chi connectivity index (χ1n) is 6.62. The maximum atomic E-state index is 4.46. The monoisotopic (exact) mass is 252 g/mol. The highest BCUT2D eigenvalue weighted by atomic mass is 15.1. The molecule has 0 saturated carbocycles. The Hall–Kier alpha value is -1.93. The molecule has 2 heteroatoms. The molecule has 19 heavy (non-hydrogen) atoms. The van der Waals surface area contributed by atoms with E-state index < -0.39 is 0 Å². The smallest absolute Gasteiger partial charge is 0.0517 e. The van der Waals surface area contributed by atoms with Crippen molar-refractivity contribution in [2.75, 3.05) is 20.1 Å². The van der Waals surface area contributed by atoms with Crippen LogP contribution in [0.3, 0.4) is 0 Å². The molecular weight excluding hydrogens is 232 g/mol. The zero-order valence-corrected chi connectivity index (χ0v) is 11.4. The van der Waals surface area contributed by atoms with E-state index in [1.807, 2.05) is 30.5 Å². The summed E-state index contributed by atoms with van der Waals surface area (Å²) in [7, 11) is 2.13. The van der Waals surface area contributed by atoms with Gasteiger partial charge in [0.15, 0.2) is 0 Å². The topological polar surface area (TPSA) is 15.6 Å². The van der Waals surface area contributed by atoms with Gasteiger partial charge in [0.2, 0.25) is 0 Å². The van der Waals surface area contributed by atoms with Crippen molar-refractivity contribution in [3.8, 4) is 0 Å². The van der Waals surface area contributed by atoms with E-state index in [1.165, 1.54) is 5.56 Å². The third-order valence-corrected chi connectivity index (χ3v) is 2.95. The summed E-state index contributed by atoms with van der Waals surface area (Å²) < 4.78 is 0. The van der Waals surface area contributed by atoms with Crippen LogP contribution in [0, 0.1) is 0 Å². The summed E-state index contributed by atoms with van der Waals surface area (Å²) in [6.45, 7) is 2.78. The van der Waals surface area contributed by atoms with Crippen LogP contribution in [0.4, 0.5) is 0 Å². The van der Waals surface area contributed by atoms with E-state index in [0.717, 1.165) is 25.2 Å². The molecule has 0 spiro atoms. The van der Waals surface area contributed by atoms with Gasteiger partial charge in [-0.05, 0) is 18.2 Å². The molecule has 0 N–H and O–H groups in total. The minimum atomic E-state index is 0.832. The van der Waals surface area contributed by atoms with Crippen molar-refractivity contribution in [1.82, 2.24) is 4.90 Å². The predicted molar refractivity (Wildman–Crippen MR) is 81.7 cm³/mol. The van der Waals surface area contributed by atoms with Gasteiger partial charge in [-0.2, -0.15) is 0 Å². The Morgan fingerprint density at radius 1 is 0.947 bits per heavy atom. The van der Waals surface area contributed by atoms with Crippen LogP contribution < -0.4 is 0 Å². The van der Waals surface area contributed by atoms with Gasteiger partial charge in [0.05, 0.1) is 6.54 Å². The molecule has 2 nitrogen and oxygen atoms in total. The Labute approximate surface area is 115 Å². The molecule has 2 rings (SSSR count). The Kier molecular flexibility index (Phi) is 5.32. The number of aliphatic imine (C=N–C) groups is 1. The van der Waals surface area contributed by atoms with E-state index >= 15 is 0 Å². The van der Waals surface area contributed by atoms with E-state index in [4.69, 9.17) is 0 Å². The summed E-state index contributed by atoms with van der Waals surface area (Å²) in [5.74, 6) is 0. The lowest BCUT2D eigenvalue weighted by molar-refractivity contribution is 0.337. The predicted octanol–water partition coefficient (Wildman–Crippen LogP) is 3.24. The van der Waals surface area contributed by atoms with Gasteiger partial charge in [0.25, 0.3) is 0 Å². The van der Waals surface area contributed by atoms with Crippen molar-refractivity contribution in [3.63, 3.8) is 0 Å². The van der Waals surface area contributed by atoms with Crippen molar-refractivity contribution < 1.29 is 0 Å². The molecule has 0 saturated heterocycles. The summed E-state index contributed by atoms with van der Waals surface area (Å²) in [5.41, 5.74) is 2.50. The quantitative estimate of drug-likeness (QED) is 0.721. The first kappa shape index (κ1) is 13.5.